The van der Waals surface area contributed by atoms with Gasteiger partial charge in [-0.05, 0) is 29.2 Å². The fourth-order valence-corrected chi connectivity index (χ4v) is 5.25. The van der Waals surface area contributed by atoms with E-state index in [1.54, 1.807) is 4.90 Å². The third kappa shape index (κ3) is 5.24. The summed E-state index contributed by atoms with van der Waals surface area (Å²) in [5.41, 5.74) is 5.27. The van der Waals surface area contributed by atoms with Gasteiger partial charge in [-0.15, -0.1) is 0 Å². The number of amides is 1. The van der Waals surface area contributed by atoms with Crippen LogP contribution >= 0.6 is 0 Å². The molecule has 0 aliphatic carbocycles. The van der Waals surface area contributed by atoms with Gasteiger partial charge in [0, 0.05) is 24.1 Å². The average molecular weight is 506 g/mol. The number of hydrogen-bond donors (Lipinski definition) is 1. The van der Waals surface area contributed by atoms with Crippen LogP contribution < -0.4 is 4.74 Å². The van der Waals surface area contributed by atoms with Crippen LogP contribution in [-0.4, -0.2) is 27.7 Å². The molecule has 5 heteroatoms. The lowest BCUT2D eigenvalue weighted by atomic mass is 9.85. The van der Waals surface area contributed by atoms with E-state index in [4.69, 9.17) is 4.74 Å². The van der Waals surface area contributed by atoms with Crippen LogP contribution in [0.4, 0.5) is 0 Å². The van der Waals surface area contributed by atoms with Crippen molar-refractivity contribution in [2.75, 3.05) is 0 Å². The Hall–Kier alpha value is -4.22. The number of carbonyl (C=O) groups is 2. The first kappa shape index (κ1) is 25.4. The van der Waals surface area contributed by atoms with E-state index in [1.807, 2.05) is 103 Å². The molecule has 1 heterocycles. The fourth-order valence-electron chi connectivity index (χ4n) is 5.25. The molecule has 4 aromatic carbocycles. The van der Waals surface area contributed by atoms with Crippen molar-refractivity contribution < 1.29 is 19.4 Å². The molecular formula is C33H31NO4. The maximum atomic E-state index is 14.2. The predicted octanol–water partition coefficient (Wildman–Crippen LogP) is 5.43. The van der Waals surface area contributed by atoms with E-state index in [0.717, 1.165) is 27.8 Å². The van der Waals surface area contributed by atoms with Crippen LogP contribution in [0.25, 0.3) is 0 Å². The van der Waals surface area contributed by atoms with E-state index in [-0.39, 0.29) is 18.3 Å². The Kier molecular flexibility index (Phi) is 7.66. The van der Waals surface area contributed by atoms with Crippen LogP contribution in [0.2, 0.25) is 0 Å². The third-order valence-electron chi connectivity index (χ3n) is 7.21. The number of ketones is 1. The van der Waals surface area contributed by atoms with E-state index < -0.39 is 12.0 Å². The normalized spacial score (nSPS) is 14.7. The highest BCUT2D eigenvalue weighted by atomic mass is 16.5. The van der Waals surface area contributed by atoms with Crippen LogP contribution in [0.15, 0.2) is 103 Å². The van der Waals surface area contributed by atoms with E-state index in [1.165, 1.54) is 6.92 Å². The molecule has 192 valence electrons. The number of benzene rings is 4. The van der Waals surface area contributed by atoms with Gasteiger partial charge in [0.25, 0.3) is 0 Å². The highest BCUT2D eigenvalue weighted by Gasteiger charge is 2.38. The van der Waals surface area contributed by atoms with Gasteiger partial charge in [-0.2, -0.15) is 0 Å². The number of aliphatic hydroxyl groups is 1. The lowest BCUT2D eigenvalue weighted by Gasteiger charge is -2.38. The summed E-state index contributed by atoms with van der Waals surface area (Å²) in [6, 6.07) is 32.4. The zero-order valence-electron chi connectivity index (χ0n) is 21.4. The molecule has 5 nitrogen and oxygen atoms in total. The molecule has 0 aromatic heterocycles. The minimum Gasteiger partial charge on any atom is -0.488 e. The zero-order valence-corrected chi connectivity index (χ0v) is 21.4. The number of aliphatic hydroxyl groups excluding tert-OH is 1. The minimum absolute atomic E-state index is 0.0766. The topological polar surface area (TPSA) is 66.8 Å². The summed E-state index contributed by atoms with van der Waals surface area (Å²) in [5, 5.41) is 10.0. The van der Waals surface area contributed by atoms with Crippen molar-refractivity contribution in [3.8, 4) is 5.75 Å². The lowest BCUT2D eigenvalue weighted by Crippen LogP contribution is -2.49. The van der Waals surface area contributed by atoms with Crippen molar-refractivity contribution in [2.24, 2.45) is 0 Å². The average Bonchev–Trinajstić information content (AvgIpc) is 2.96. The Labute approximate surface area is 223 Å². The molecule has 5 rings (SSSR count). The highest BCUT2D eigenvalue weighted by molar-refractivity contribution is 5.93. The molecule has 0 radical (unpaired) electrons. The quantitative estimate of drug-likeness (QED) is 0.347. The molecule has 1 aliphatic heterocycles. The van der Waals surface area contributed by atoms with Gasteiger partial charge in [-0.1, -0.05) is 103 Å². The summed E-state index contributed by atoms with van der Waals surface area (Å²) in [4.78, 5) is 28.9. The summed E-state index contributed by atoms with van der Waals surface area (Å²) < 4.78 is 6.25. The first-order valence-corrected chi connectivity index (χ1v) is 12.9. The SMILES string of the molecule is CC(=O)[C@@H]1Cc2c(ccc(CO)c2OCc2ccccc2)CN1C(=O)C(c1ccccc1)c1ccccc1. The first-order chi connectivity index (χ1) is 18.6. The maximum absolute atomic E-state index is 14.2. The minimum atomic E-state index is -0.627. The molecular weight excluding hydrogens is 474 g/mol. The summed E-state index contributed by atoms with van der Waals surface area (Å²) in [5.74, 6) is -0.0975. The number of Topliss-reactive ketones (excluding diaryl/α,β-unsaturated/α-hetero) is 1. The molecule has 0 spiro atoms. The van der Waals surface area contributed by atoms with Crippen molar-refractivity contribution >= 4 is 11.7 Å². The van der Waals surface area contributed by atoms with Crippen LogP contribution in [0, 0.1) is 0 Å². The molecule has 0 saturated carbocycles. The van der Waals surface area contributed by atoms with E-state index >= 15 is 0 Å². The second kappa shape index (κ2) is 11.4. The highest BCUT2D eigenvalue weighted by Crippen LogP contribution is 2.37. The fraction of sp³-hybridized carbons (Fsp3) is 0.212. The molecule has 1 aliphatic rings. The summed E-state index contributed by atoms with van der Waals surface area (Å²) in [6.45, 7) is 2.01. The second-order valence-corrected chi connectivity index (χ2v) is 9.67. The molecule has 38 heavy (non-hydrogen) atoms. The zero-order chi connectivity index (χ0) is 26.5. The Morgan fingerprint density at radius 3 is 2.00 bits per heavy atom. The van der Waals surface area contributed by atoms with E-state index in [2.05, 4.69) is 0 Å². The maximum Gasteiger partial charge on any atom is 0.235 e. The van der Waals surface area contributed by atoms with E-state index in [9.17, 15) is 14.7 Å². The third-order valence-corrected chi connectivity index (χ3v) is 7.21. The number of fused-ring (bicyclic) bond motifs is 1. The molecule has 0 saturated heterocycles. The van der Waals surface area contributed by atoms with Crippen LogP contribution in [0.3, 0.4) is 0 Å². The van der Waals surface area contributed by atoms with Gasteiger partial charge >= 0.3 is 0 Å². The number of hydrogen-bond acceptors (Lipinski definition) is 4. The van der Waals surface area contributed by atoms with Gasteiger partial charge in [-0.3, -0.25) is 9.59 Å². The molecule has 0 fully saturated rings. The van der Waals surface area contributed by atoms with Crippen LogP contribution in [0.5, 0.6) is 5.75 Å². The van der Waals surface area contributed by atoms with Gasteiger partial charge in [0.05, 0.1) is 18.6 Å². The predicted molar refractivity (Wildman–Crippen MR) is 147 cm³/mol. The number of nitrogens with zero attached hydrogens (tertiary/aromatic N) is 1. The molecule has 0 unspecified atom stereocenters. The number of ether oxygens (including phenoxy) is 1. The smallest absolute Gasteiger partial charge is 0.235 e. The summed E-state index contributed by atoms with van der Waals surface area (Å²) in [7, 11) is 0. The van der Waals surface area contributed by atoms with Crippen molar-refractivity contribution in [2.45, 2.75) is 45.1 Å². The van der Waals surface area contributed by atoms with Gasteiger partial charge in [0.15, 0.2) is 5.78 Å². The Morgan fingerprint density at radius 2 is 1.45 bits per heavy atom. The van der Waals surface area contributed by atoms with Gasteiger partial charge in [-0.25, -0.2) is 0 Å². The largest absolute Gasteiger partial charge is 0.488 e. The number of carbonyl (C=O) groups excluding carboxylic acids is 2. The Morgan fingerprint density at radius 1 is 0.868 bits per heavy atom. The summed E-state index contributed by atoms with van der Waals surface area (Å²) >= 11 is 0. The first-order valence-electron chi connectivity index (χ1n) is 12.9. The van der Waals surface area contributed by atoms with Gasteiger partial charge in [0.2, 0.25) is 5.91 Å². The van der Waals surface area contributed by atoms with Crippen LogP contribution in [-0.2, 0) is 35.8 Å². The molecule has 1 N–H and O–H groups in total. The molecule has 4 aromatic rings. The molecule has 0 bridgehead atoms. The summed E-state index contributed by atoms with van der Waals surface area (Å²) in [6.07, 6.45) is 0.338. The van der Waals surface area contributed by atoms with Crippen molar-refractivity contribution in [3.63, 3.8) is 0 Å². The molecule has 1 amide bonds. The van der Waals surface area contributed by atoms with Crippen LogP contribution in [0.1, 0.15) is 46.2 Å². The van der Waals surface area contributed by atoms with Crippen molar-refractivity contribution in [3.05, 3.63) is 137 Å². The van der Waals surface area contributed by atoms with Gasteiger partial charge in [0.1, 0.15) is 12.4 Å². The second-order valence-electron chi connectivity index (χ2n) is 9.67. The lowest BCUT2D eigenvalue weighted by molar-refractivity contribution is -0.140. The number of rotatable bonds is 8. The van der Waals surface area contributed by atoms with E-state index in [0.29, 0.717) is 30.9 Å². The Balaban J connectivity index is 1.52. The van der Waals surface area contributed by atoms with Crippen molar-refractivity contribution in [1.82, 2.24) is 4.90 Å². The molecule has 1 atom stereocenters. The Bertz CT molecular complexity index is 1360. The monoisotopic (exact) mass is 505 g/mol. The van der Waals surface area contributed by atoms with Crippen molar-refractivity contribution in [1.29, 1.82) is 0 Å². The van der Waals surface area contributed by atoms with Gasteiger partial charge < -0.3 is 14.7 Å². The standard InChI is InChI=1S/C33H31NO4/c1-23(36)30-19-29-27(17-18-28(21-35)32(29)38-22-24-11-5-2-6-12-24)20-34(30)33(37)31(25-13-7-3-8-14-25)26-15-9-4-10-16-26/h2-18,30-31,35H,19-22H2,1H3/t30-/m0/s1.